The quantitative estimate of drug-likeness (QED) is 0.698. The number of amides is 1. The predicted molar refractivity (Wildman–Crippen MR) is 106 cm³/mol. The first-order valence-electron chi connectivity index (χ1n) is 10.3. The Morgan fingerprint density at radius 1 is 1.04 bits per heavy atom. The summed E-state index contributed by atoms with van der Waals surface area (Å²) >= 11 is 0. The summed E-state index contributed by atoms with van der Waals surface area (Å²) in [6.45, 7) is 0. The molecule has 4 aliphatic carbocycles. The molecular formula is C23H23N3O2. The van der Waals surface area contributed by atoms with Crippen LogP contribution in [0.5, 0.6) is 0 Å². The number of anilines is 1. The molecule has 4 bridgehead atoms. The van der Waals surface area contributed by atoms with Gasteiger partial charge in [0.1, 0.15) is 0 Å². The number of oxazole rings is 1. The lowest BCUT2D eigenvalue weighted by atomic mass is 9.49. The Kier molecular flexibility index (Phi) is 3.43. The molecule has 3 aromatic rings. The number of nitrogens with one attached hydrogen (secondary N) is 1. The van der Waals surface area contributed by atoms with Gasteiger partial charge in [0.25, 0.3) is 0 Å². The van der Waals surface area contributed by atoms with Crippen LogP contribution in [0.2, 0.25) is 0 Å². The van der Waals surface area contributed by atoms with Crippen molar-refractivity contribution in [1.29, 1.82) is 0 Å². The lowest BCUT2D eigenvalue weighted by Crippen LogP contribution is -2.51. The van der Waals surface area contributed by atoms with Gasteiger partial charge >= 0.3 is 0 Å². The van der Waals surface area contributed by atoms with Gasteiger partial charge in [-0.2, -0.15) is 4.98 Å². The summed E-state index contributed by atoms with van der Waals surface area (Å²) < 4.78 is 5.83. The molecule has 1 amide bonds. The largest absolute Gasteiger partial charge is 0.434 e. The van der Waals surface area contributed by atoms with Gasteiger partial charge in [-0.1, -0.05) is 6.07 Å². The standard InChI is InChI=1S/C23H23N3O2/c27-22(23-11-14-7-15(12-23)9-16(8-14)13-23)25-18-4-1-3-17(10-18)21-26-20-19(28-21)5-2-6-24-20/h1-6,10,14-16H,7-9,11-13H2,(H,25,27). The fraction of sp³-hybridized carbons (Fsp3) is 0.435. The minimum absolute atomic E-state index is 0.147. The van der Waals surface area contributed by atoms with E-state index >= 15 is 0 Å². The summed E-state index contributed by atoms with van der Waals surface area (Å²) in [6, 6.07) is 11.5. The van der Waals surface area contributed by atoms with Gasteiger partial charge in [0.15, 0.2) is 11.2 Å². The highest BCUT2D eigenvalue weighted by atomic mass is 16.3. The van der Waals surface area contributed by atoms with Crippen molar-refractivity contribution in [3.8, 4) is 11.5 Å². The lowest BCUT2D eigenvalue weighted by molar-refractivity contribution is -0.140. The summed E-state index contributed by atoms with van der Waals surface area (Å²) in [5, 5.41) is 3.22. The molecule has 1 aromatic carbocycles. The maximum absolute atomic E-state index is 13.3. The number of rotatable bonds is 3. The second-order valence-corrected chi connectivity index (χ2v) is 9.08. The van der Waals surface area contributed by atoms with Crippen LogP contribution < -0.4 is 5.32 Å². The Labute approximate surface area is 163 Å². The van der Waals surface area contributed by atoms with Crippen LogP contribution in [-0.2, 0) is 4.79 Å². The summed E-state index contributed by atoms with van der Waals surface area (Å²) in [5.74, 6) is 3.02. The molecule has 5 heteroatoms. The van der Waals surface area contributed by atoms with E-state index in [2.05, 4.69) is 15.3 Å². The number of carbonyl (C=O) groups is 1. The smallest absolute Gasteiger partial charge is 0.230 e. The van der Waals surface area contributed by atoms with Crippen LogP contribution >= 0.6 is 0 Å². The molecule has 0 radical (unpaired) electrons. The molecule has 4 aliphatic rings. The van der Waals surface area contributed by atoms with Crippen LogP contribution in [0.4, 0.5) is 5.69 Å². The van der Waals surface area contributed by atoms with Gasteiger partial charge in [-0.05, 0) is 86.6 Å². The van der Waals surface area contributed by atoms with E-state index in [9.17, 15) is 4.79 Å². The molecule has 28 heavy (non-hydrogen) atoms. The third-order valence-electron chi connectivity index (χ3n) is 7.05. The zero-order chi connectivity index (χ0) is 18.7. The Bertz CT molecular complexity index is 1000. The monoisotopic (exact) mass is 373 g/mol. The Balaban J connectivity index is 1.27. The average Bonchev–Trinajstić information content (AvgIpc) is 3.11. The predicted octanol–water partition coefficient (Wildman–Crippen LogP) is 5.04. The van der Waals surface area contributed by atoms with Crippen LogP contribution in [-0.4, -0.2) is 15.9 Å². The number of hydrogen-bond donors (Lipinski definition) is 1. The zero-order valence-corrected chi connectivity index (χ0v) is 15.7. The van der Waals surface area contributed by atoms with Gasteiger partial charge < -0.3 is 9.73 Å². The van der Waals surface area contributed by atoms with Gasteiger partial charge in [0.05, 0.1) is 5.41 Å². The second kappa shape index (κ2) is 5.90. The number of hydrogen-bond acceptors (Lipinski definition) is 4. The molecular weight excluding hydrogens is 350 g/mol. The third-order valence-corrected chi connectivity index (χ3v) is 7.05. The molecule has 0 unspecified atom stereocenters. The van der Waals surface area contributed by atoms with Crippen molar-refractivity contribution in [1.82, 2.24) is 9.97 Å². The third kappa shape index (κ3) is 2.56. The molecule has 7 rings (SSSR count). The molecule has 1 N–H and O–H groups in total. The van der Waals surface area contributed by atoms with Crippen LogP contribution in [0.25, 0.3) is 22.7 Å². The van der Waals surface area contributed by atoms with Crippen LogP contribution in [0.1, 0.15) is 38.5 Å². The van der Waals surface area contributed by atoms with Crippen molar-refractivity contribution in [2.24, 2.45) is 23.2 Å². The van der Waals surface area contributed by atoms with Gasteiger partial charge in [-0.15, -0.1) is 0 Å². The number of nitrogens with zero attached hydrogens (tertiary/aromatic N) is 2. The second-order valence-electron chi connectivity index (χ2n) is 9.08. The Morgan fingerprint density at radius 3 is 2.50 bits per heavy atom. The van der Waals surface area contributed by atoms with Gasteiger partial charge in [0.2, 0.25) is 11.8 Å². The molecule has 4 fully saturated rings. The maximum atomic E-state index is 13.3. The van der Waals surface area contributed by atoms with Gasteiger partial charge in [-0.3, -0.25) is 4.79 Å². The van der Waals surface area contributed by atoms with Gasteiger partial charge in [0, 0.05) is 17.4 Å². The van der Waals surface area contributed by atoms with E-state index in [1.54, 1.807) is 6.20 Å². The minimum atomic E-state index is -0.147. The van der Waals surface area contributed by atoms with Crippen molar-refractivity contribution in [2.45, 2.75) is 38.5 Å². The average molecular weight is 373 g/mol. The van der Waals surface area contributed by atoms with Crippen LogP contribution in [0.15, 0.2) is 47.0 Å². The van der Waals surface area contributed by atoms with Crippen molar-refractivity contribution in [3.63, 3.8) is 0 Å². The normalized spacial score (nSPS) is 30.6. The highest BCUT2D eigenvalue weighted by Gasteiger charge is 2.54. The first kappa shape index (κ1) is 16.3. The van der Waals surface area contributed by atoms with E-state index in [-0.39, 0.29) is 11.3 Å². The zero-order valence-electron chi connectivity index (χ0n) is 15.7. The van der Waals surface area contributed by atoms with E-state index in [1.165, 1.54) is 19.3 Å². The molecule has 0 atom stereocenters. The molecule has 0 spiro atoms. The number of carbonyl (C=O) groups excluding carboxylic acids is 1. The number of fused-ring (bicyclic) bond motifs is 1. The van der Waals surface area contributed by atoms with E-state index in [1.807, 2.05) is 36.4 Å². The van der Waals surface area contributed by atoms with Crippen molar-refractivity contribution in [2.75, 3.05) is 5.32 Å². The van der Waals surface area contributed by atoms with Crippen LogP contribution in [0.3, 0.4) is 0 Å². The van der Waals surface area contributed by atoms with Gasteiger partial charge in [-0.25, -0.2) is 4.98 Å². The summed E-state index contributed by atoms with van der Waals surface area (Å²) in [4.78, 5) is 22.0. The number of benzene rings is 1. The number of pyridine rings is 1. The Hall–Kier alpha value is -2.69. The minimum Gasteiger partial charge on any atom is -0.434 e. The topological polar surface area (TPSA) is 68.0 Å². The van der Waals surface area contributed by atoms with Crippen molar-refractivity contribution in [3.05, 3.63) is 42.6 Å². The summed E-state index contributed by atoms with van der Waals surface area (Å²) in [6.07, 6.45) is 8.94. The van der Waals surface area contributed by atoms with E-state index in [0.29, 0.717) is 17.1 Å². The SMILES string of the molecule is O=C(Nc1cccc(-c2nc3ncccc3o2)c1)C12CC3CC(CC(C3)C1)C2. The molecule has 142 valence electrons. The Morgan fingerprint density at radius 2 is 1.79 bits per heavy atom. The molecule has 0 saturated heterocycles. The summed E-state index contributed by atoms with van der Waals surface area (Å²) in [7, 11) is 0. The van der Waals surface area contributed by atoms with E-state index < -0.39 is 0 Å². The molecule has 2 aromatic heterocycles. The molecule has 5 nitrogen and oxygen atoms in total. The molecule has 2 heterocycles. The maximum Gasteiger partial charge on any atom is 0.230 e. The lowest BCUT2D eigenvalue weighted by Gasteiger charge is -2.55. The summed E-state index contributed by atoms with van der Waals surface area (Å²) in [5.41, 5.74) is 2.78. The first-order valence-corrected chi connectivity index (χ1v) is 10.3. The van der Waals surface area contributed by atoms with Crippen LogP contribution in [0, 0.1) is 23.2 Å². The highest BCUT2D eigenvalue weighted by molar-refractivity contribution is 5.96. The molecule has 0 aliphatic heterocycles. The van der Waals surface area contributed by atoms with E-state index in [0.717, 1.165) is 48.3 Å². The van der Waals surface area contributed by atoms with Crippen molar-refractivity contribution < 1.29 is 9.21 Å². The molecule has 4 saturated carbocycles. The fourth-order valence-electron chi connectivity index (χ4n) is 6.27. The highest BCUT2D eigenvalue weighted by Crippen LogP contribution is 2.60. The fourth-order valence-corrected chi connectivity index (χ4v) is 6.27. The number of aromatic nitrogens is 2. The van der Waals surface area contributed by atoms with E-state index in [4.69, 9.17) is 4.42 Å². The van der Waals surface area contributed by atoms with Crippen molar-refractivity contribution >= 4 is 22.8 Å². The first-order chi connectivity index (χ1) is 13.7.